The first-order chi connectivity index (χ1) is 12.0. The highest BCUT2D eigenvalue weighted by atomic mass is 32.2. The van der Waals surface area contributed by atoms with Crippen LogP contribution in [0.5, 0.6) is 0 Å². The van der Waals surface area contributed by atoms with Crippen LogP contribution in [0.1, 0.15) is 24.1 Å². The summed E-state index contributed by atoms with van der Waals surface area (Å²) in [5.41, 5.74) is 0.233. The molecule has 1 saturated carbocycles. The summed E-state index contributed by atoms with van der Waals surface area (Å²) < 4.78 is 25.5. The monoisotopic (exact) mass is 374 g/mol. The van der Waals surface area contributed by atoms with Crippen molar-refractivity contribution in [2.75, 3.05) is 11.5 Å². The van der Waals surface area contributed by atoms with Gasteiger partial charge in [0.15, 0.2) is 9.84 Å². The predicted molar refractivity (Wildman–Crippen MR) is 99.9 cm³/mol. The fourth-order valence-electron chi connectivity index (χ4n) is 2.43. The molecule has 1 amide bonds. The van der Waals surface area contributed by atoms with E-state index in [0.717, 1.165) is 27.8 Å². The number of carbonyl (C=O) groups is 1. The summed E-state index contributed by atoms with van der Waals surface area (Å²) in [6.07, 6.45) is 3.46. The first kappa shape index (κ1) is 17.6. The molecule has 1 heterocycles. The fraction of sp³-hybridized carbons (Fsp3) is 0.333. The topological polar surface area (TPSA) is 87.0 Å². The van der Waals surface area contributed by atoms with Crippen LogP contribution >= 0.6 is 11.3 Å². The molecule has 1 aliphatic carbocycles. The van der Waals surface area contributed by atoms with Crippen molar-refractivity contribution in [3.05, 3.63) is 40.8 Å². The van der Waals surface area contributed by atoms with Crippen LogP contribution in [0.25, 0.3) is 16.2 Å². The summed E-state index contributed by atoms with van der Waals surface area (Å²) >= 11 is 1.52. The molecule has 2 aromatic rings. The highest BCUT2D eigenvalue weighted by Gasteiger charge is 2.26. The van der Waals surface area contributed by atoms with Gasteiger partial charge in [-0.1, -0.05) is 18.2 Å². The van der Waals surface area contributed by atoms with E-state index in [1.165, 1.54) is 11.3 Å². The Labute approximate surface area is 150 Å². The number of nitrogens with zero attached hydrogens (tertiary/aromatic N) is 1. The van der Waals surface area contributed by atoms with E-state index in [4.69, 9.17) is 5.26 Å². The average Bonchev–Trinajstić information content (AvgIpc) is 3.28. The van der Waals surface area contributed by atoms with Crippen LogP contribution in [0.4, 0.5) is 0 Å². The van der Waals surface area contributed by atoms with Crippen molar-refractivity contribution in [3.63, 3.8) is 0 Å². The van der Waals surface area contributed by atoms with Crippen molar-refractivity contribution in [1.29, 1.82) is 5.26 Å². The van der Waals surface area contributed by atoms with Gasteiger partial charge in [-0.15, -0.1) is 11.3 Å². The number of sulfone groups is 1. The van der Waals surface area contributed by atoms with Gasteiger partial charge in [-0.3, -0.25) is 4.79 Å². The van der Waals surface area contributed by atoms with Crippen LogP contribution in [-0.2, 0) is 14.6 Å². The van der Waals surface area contributed by atoms with Gasteiger partial charge in [-0.05, 0) is 36.4 Å². The number of fused-ring (bicyclic) bond motifs is 1. The van der Waals surface area contributed by atoms with E-state index >= 15 is 0 Å². The lowest BCUT2D eigenvalue weighted by molar-refractivity contribution is -0.117. The lowest BCUT2D eigenvalue weighted by atomic mass is 10.2. The van der Waals surface area contributed by atoms with E-state index in [-0.39, 0.29) is 35.4 Å². The SMILES string of the molecule is N#CCCS(=O)(=O)C/C(=C\c1cc2ccccc2s1)C(=O)NC1CC1. The van der Waals surface area contributed by atoms with Crippen LogP contribution < -0.4 is 5.32 Å². The number of hydrogen-bond acceptors (Lipinski definition) is 5. The Kier molecular flexibility index (Phi) is 5.21. The largest absolute Gasteiger partial charge is 0.350 e. The number of carbonyl (C=O) groups excluding carboxylic acids is 1. The molecule has 0 atom stereocenters. The maximum absolute atomic E-state index is 12.5. The second-order valence-electron chi connectivity index (χ2n) is 6.10. The molecule has 25 heavy (non-hydrogen) atoms. The van der Waals surface area contributed by atoms with Gasteiger partial charge in [0.25, 0.3) is 0 Å². The van der Waals surface area contributed by atoms with Crippen molar-refractivity contribution >= 4 is 43.2 Å². The summed E-state index contributed by atoms with van der Waals surface area (Å²) in [6, 6.07) is 11.8. The van der Waals surface area contributed by atoms with E-state index < -0.39 is 9.84 Å². The normalized spacial score (nSPS) is 15.1. The van der Waals surface area contributed by atoms with Gasteiger partial charge in [0.1, 0.15) is 0 Å². The molecule has 1 aromatic heterocycles. The zero-order valence-corrected chi connectivity index (χ0v) is 15.2. The van der Waals surface area contributed by atoms with Gasteiger partial charge in [-0.2, -0.15) is 5.26 Å². The molecule has 0 bridgehead atoms. The van der Waals surface area contributed by atoms with E-state index in [0.29, 0.717) is 0 Å². The first-order valence-corrected chi connectivity index (χ1v) is 10.7. The first-order valence-electron chi connectivity index (χ1n) is 8.04. The molecule has 1 N–H and O–H groups in total. The molecule has 130 valence electrons. The highest BCUT2D eigenvalue weighted by molar-refractivity contribution is 7.91. The Morgan fingerprint density at radius 3 is 2.80 bits per heavy atom. The van der Waals surface area contributed by atoms with E-state index in [2.05, 4.69) is 5.32 Å². The second-order valence-corrected chi connectivity index (χ2v) is 9.40. The summed E-state index contributed by atoms with van der Waals surface area (Å²) in [4.78, 5) is 13.3. The predicted octanol–water partition coefficient (Wildman–Crippen LogP) is 2.89. The molecule has 1 aliphatic rings. The third kappa shape index (κ3) is 4.91. The van der Waals surface area contributed by atoms with Crippen molar-refractivity contribution in [2.24, 2.45) is 0 Å². The number of thiophene rings is 1. The number of benzene rings is 1. The standard InChI is InChI=1S/C18H18N2O3S2/c19-8-3-9-25(22,23)12-14(18(21)20-15-6-7-15)11-16-10-13-4-1-2-5-17(13)24-16/h1-2,4-5,10-11,15H,3,6-7,9,12H2,(H,20,21)/b14-11+. The van der Waals surface area contributed by atoms with Gasteiger partial charge >= 0.3 is 0 Å². The zero-order chi connectivity index (χ0) is 17.9. The third-order valence-electron chi connectivity index (χ3n) is 3.87. The molecule has 0 radical (unpaired) electrons. The maximum atomic E-state index is 12.5. The third-order valence-corrected chi connectivity index (χ3v) is 6.51. The minimum absolute atomic E-state index is 0.0667. The Hall–Kier alpha value is -2.17. The molecule has 0 unspecified atom stereocenters. The van der Waals surface area contributed by atoms with Crippen molar-refractivity contribution in [3.8, 4) is 6.07 Å². The van der Waals surface area contributed by atoms with Crippen LogP contribution in [-0.4, -0.2) is 31.9 Å². The Bertz CT molecular complexity index is 931. The Balaban J connectivity index is 1.89. The van der Waals surface area contributed by atoms with Crippen molar-refractivity contribution in [1.82, 2.24) is 5.32 Å². The second kappa shape index (κ2) is 7.38. The zero-order valence-electron chi connectivity index (χ0n) is 13.6. The minimum Gasteiger partial charge on any atom is -0.350 e. The Morgan fingerprint density at radius 1 is 1.36 bits per heavy atom. The van der Waals surface area contributed by atoms with Gasteiger partial charge in [0.2, 0.25) is 5.91 Å². The maximum Gasteiger partial charge on any atom is 0.248 e. The van der Waals surface area contributed by atoms with Gasteiger partial charge < -0.3 is 5.32 Å². The average molecular weight is 374 g/mol. The Morgan fingerprint density at radius 2 is 2.12 bits per heavy atom. The van der Waals surface area contributed by atoms with E-state index in [9.17, 15) is 13.2 Å². The van der Waals surface area contributed by atoms with Crippen LogP contribution in [0, 0.1) is 11.3 Å². The summed E-state index contributed by atoms with van der Waals surface area (Å²) in [5.74, 6) is -0.911. The van der Waals surface area contributed by atoms with Crippen LogP contribution in [0.2, 0.25) is 0 Å². The number of hydrogen-bond donors (Lipinski definition) is 1. The summed E-state index contributed by atoms with van der Waals surface area (Å²) in [6.45, 7) is 0. The summed E-state index contributed by atoms with van der Waals surface area (Å²) in [5, 5.41) is 12.5. The number of amides is 1. The number of nitrogens with one attached hydrogen (secondary N) is 1. The van der Waals surface area contributed by atoms with Crippen LogP contribution in [0.3, 0.4) is 0 Å². The lowest BCUT2D eigenvalue weighted by Crippen LogP contribution is -2.30. The number of rotatable bonds is 7. The molecule has 0 saturated heterocycles. The van der Waals surface area contributed by atoms with Gasteiger partial charge in [-0.25, -0.2) is 8.42 Å². The van der Waals surface area contributed by atoms with Crippen molar-refractivity contribution < 1.29 is 13.2 Å². The lowest BCUT2D eigenvalue weighted by Gasteiger charge is -2.08. The molecule has 7 heteroatoms. The smallest absolute Gasteiger partial charge is 0.248 e. The quantitative estimate of drug-likeness (QED) is 0.755. The van der Waals surface area contributed by atoms with E-state index in [1.807, 2.05) is 36.4 Å². The number of nitriles is 1. The molecular weight excluding hydrogens is 356 g/mol. The molecule has 5 nitrogen and oxygen atoms in total. The van der Waals surface area contributed by atoms with E-state index in [1.54, 1.807) is 6.08 Å². The molecule has 1 fully saturated rings. The summed E-state index contributed by atoms with van der Waals surface area (Å²) in [7, 11) is -3.50. The van der Waals surface area contributed by atoms with Crippen molar-refractivity contribution in [2.45, 2.75) is 25.3 Å². The molecule has 1 aromatic carbocycles. The molecule has 0 aliphatic heterocycles. The highest BCUT2D eigenvalue weighted by Crippen LogP contribution is 2.27. The fourth-order valence-corrected chi connectivity index (χ4v) is 4.70. The van der Waals surface area contributed by atoms with Crippen LogP contribution in [0.15, 0.2) is 35.9 Å². The molecular formula is C18H18N2O3S2. The molecule has 3 rings (SSSR count). The van der Waals surface area contributed by atoms with Gasteiger partial charge in [0, 0.05) is 27.6 Å². The van der Waals surface area contributed by atoms with Gasteiger partial charge in [0.05, 0.1) is 17.6 Å². The molecule has 0 spiro atoms. The minimum atomic E-state index is -3.50.